The van der Waals surface area contributed by atoms with Crippen molar-refractivity contribution in [2.45, 2.75) is 83.4 Å². The van der Waals surface area contributed by atoms with Crippen LogP contribution in [0, 0.1) is 17.7 Å². The second-order valence-electron chi connectivity index (χ2n) is 12.3. The molecule has 0 spiro atoms. The van der Waals surface area contributed by atoms with Gasteiger partial charge < -0.3 is 19.4 Å². The molecular weight excluding hydrogens is 531 g/mol. The van der Waals surface area contributed by atoms with Crippen molar-refractivity contribution in [3.05, 3.63) is 76.7 Å². The van der Waals surface area contributed by atoms with E-state index in [0.717, 1.165) is 78.8 Å². The highest BCUT2D eigenvalue weighted by Gasteiger charge is 2.37. The first-order valence-corrected chi connectivity index (χ1v) is 15.4. The van der Waals surface area contributed by atoms with E-state index in [2.05, 4.69) is 47.1 Å². The minimum Gasteiger partial charge on any atom is -0.550 e. The van der Waals surface area contributed by atoms with Crippen LogP contribution >= 0.6 is 0 Å². The van der Waals surface area contributed by atoms with Gasteiger partial charge in [0.1, 0.15) is 17.7 Å². The molecule has 4 atom stereocenters. The number of halogens is 1. The summed E-state index contributed by atoms with van der Waals surface area (Å²) in [5.74, 6) is -0.373. The highest BCUT2D eigenvalue weighted by molar-refractivity contribution is 5.70. The predicted molar refractivity (Wildman–Crippen MR) is 158 cm³/mol. The number of aliphatic carboxylic acids is 1. The SMILES string of the molecule is CCC1CCCN1Cc1cc(C2CCc3ccc([C@H](C4CC4)[C@H](C)C(=O)[O-])cc3O2)ccc1-c1cc(OC)ncc1F. The monoisotopic (exact) mass is 571 g/mol. The molecule has 1 saturated carbocycles. The van der Waals surface area contributed by atoms with Gasteiger partial charge in [0.15, 0.2) is 0 Å². The normalized spacial score (nSPS) is 21.8. The Bertz CT molecular complexity index is 1450. The molecule has 0 radical (unpaired) electrons. The molecule has 1 saturated heterocycles. The van der Waals surface area contributed by atoms with Crippen molar-refractivity contribution < 1.29 is 23.8 Å². The van der Waals surface area contributed by atoms with Crippen molar-refractivity contribution >= 4 is 5.97 Å². The molecule has 0 N–H and O–H groups in total. The fraction of sp³-hybridized carbons (Fsp3) is 0.486. The molecule has 222 valence electrons. The van der Waals surface area contributed by atoms with Crippen LogP contribution < -0.4 is 14.6 Å². The number of methoxy groups -OCH3 is 1. The number of pyridine rings is 1. The zero-order valence-electron chi connectivity index (χ0n) is 24.8. The lowest BCUT2D eigenvalue weighted by molar-refractivity contribution is -0.311. The number of nitrogens with zero attached hydrogens (tertiary/aromatic N) is 2. The van der Waals surface area contributed by atoms with Crippen molar-refractivity contribution in [3.63, 3.8) is 0 Å². The van der Waals surface area contributed by atoms with Crippen molar-refractivity contribution in [1.29, 1.82) is 0 Å². The molecule has 2 fully saturated rings. The van der Waals surface area contributed by atoms with Crippen molar-refractivity contribution in [3.8, 4) is 22.8 Å². The number of benzene rings is 2. The van der Waals surface area contributed by atoms with Crippen LogP contribution in [0.4, 0.5) is 4.39 Å². The van der Waals surface area contributed by atoms with Gasteiger partial charge in [-0.1, -0.05) is 44.2 Å². The van der Waals surface area contributed by atoms with Crippen molar-refractivity contribution in [1.82, 2.24) is 9.88 Å². The summed E-state index contributed by atoms with van der Waals surface area (Å²) in [6.45, 7) is 5.77. The third-order valence-electron chi connectivity index (χ3n) is 9.64. The summed E-state index contributed by atoms with van der Waals surface area (Å²) >= 11 is 0. The highest BCUT2D eigenvalue weighted by atomic mass is 19.1. The highest BCUT2D eigenvalue weighted by Crippen LogP contribution is 2.48. The average molecular weight is 572 g/mol. The number of hydrogen-bond donors (Lipinski definition) is 0. The molecule has 3 heterocycles. The maximum Gasteiger partial charge on any atom is 0.213 e. The maximum atomic E-state index is 15.1. The number of carboxylic acids is 1. The van der Waals surface area contributed by atoms with Crippen LogP contribution in [0.5, 0.6) is 11.6 Å². The van der Waals surface area contributed by atoms with Crippen LogP contribution in [0.15, 0.2) is 48.7 Å². The number of aromatic nitrogens is 1. The topological polar surface area (TPSA) is 74.7 Å². The predicted octanol–water partition coefficient (Wildman–Crippen LogP) is 6.22. The first-order valence-electron chi connectivity index (χ1n) is 15.4. The van der Waals surface area contributed by atoms with Crippen LogP contribution in [0.1, 0.15) is 86.6 Å². The van der Waals surface area contributed by atoms with Gasteiger partial charge in [-0.25, -0.2) is 9.37 Å². The number of aryl methyl sites for hydroxylation is 1. The molecule has 3 aliphatic rings. The molecule has 1 aliphatic carbocycles. The quantitative estimate of drug-likeness (QED) is 0.288. The summed E-state index contributed by atoms with van der Waals surface area (Å²) in [4.78, 5) is 18.3. The molecule has 1 aromatic heterocycles. The van der Waals surface area contributed by atoms with E-state index in [-0.39, 0.29) is 17.8 Å². The van der Waals surface area contributed by atoms with Gasteiger partial charge in [-0.05, 0) is 97.2 Å². The average Bonchev–Trinajstić information content (AvgIpc) is 3.74. The fourth-order valence-corrected chi connectivity index (χ4v) is 7.13. The van der Waals surface area contributed by atoms with Gasteiger partial charge in [0.25, 0.3) is 0 Å². The molecule has 2 aromatic carbocycles. The van der Waals surface area contributed by atoms with E-state index < -0.39 is 11.9 Å². The van der Waals surface area contributed by atoms with E-state index in [9.17, 15) is 9.90 Å². The second-order valence-corrected chi connectivity index (χ2v) is 12.3. The second kappa shape index (κ2) is 12.0. The first-order chi connectivity index (χ1) is 20.4. The van der Waals surface area contributed by atoms with Gasteiger partial charge in [0.2, 0.25) is 5.88 Å². The minimum absolute atomic E-state index is 0.0608. The maximum absolute atomic E-state index is 15.1. The Balaban J connectivity index is 1.33. The number of hydrogen-bond acceptors (Lipinski definition) is 6. The van der Waals surface area contributed by atoms with Gasteiger partial charge in [-0.15, -0.1) is 0 Å². The van der Waals surface area contributed by atoms with Crippen LogP contribution in [-0.4, -0.2) is 35.5 Å². The molecule has 2 unspecified atom stereocenters. The standard InChI is InChI=1S/C35H41FN2O4/c1-4-27-6-5-15-38(27)20-26-16-24(11-13-28(26)29-18-33(41-3)37-19-30(29)36)31-14-12-22-7-10-25(17-32(22)42-31)34(23-8-9-23)21(2)35(39)40/h7,10-11,13,16-19,21,23,27,31,34H,4-6,8-9,12,14-15,20H2,1-3H3,(H,39,40)/p-1/t21-,27?,31?,34-/m0/s1. The van der Waals surface area contributed by atoms with Crippen LogP contribution in [0.25, 0.3) is 11.1 Å². The van der Waals surface area contributed by atoms with E-state index in [1.165, 1.54) is 19.0 Å². The molecule has 6 nitrogen and oxygen atoms in total. The largest absolute Gasteiger partial charge is 0.550 e. The van der Waals surface area contributed by atoms with Crippen LogP contribution in [0.3, 0.4) is 0 Å². The minimum atomic E-state index is -0.998. The third-order valence-corrected chi connectivity index (χ3v) is 9.64. The van der Waals surface area contributed by atoms with E-state index in [1.54, 1.807) is 20.1 Å². The Labute approximate surface area is 247 Å². The number of fused-ring (bicyclic) bond motifs is 1. The summed E-state index contributed by atoms with van der Waals surface area (Å²) in [6, 6.07) is 14.7. The van der Waals surface area contributed by atoms with Crippen molar-refractivity contribution in [2.24, 2.45) is 11.8 Å². The molecule has 0 amide bonds. The summed E-state index contributed by atoms with van der Waals surface area (Å²) < 4.78 is 27.1. The Hall–Kier alpha value is -3.45. The van der Waals surface area contributed by atoms with Crippen LogP contribution in [-0.2, 0) is 17.8 Å². The molecule has 42 heavy (non-hydrogen) atoms. The molecule has 2 aliphatic heterocycles. The summed E-state index contributed by atoms with van der Waals surface area (Å²) in [6.07, 6.45) is 8.36. The number of likely N-dealkylation sites (tertiary alicyclic amines) is 1. The molecule has 7 heteroatoms. The fourth-order valence-electron chi connectivity index (χ4n) is 7.13. The summed E-state index contributed by atoms with van der Waals surface area (Å²) in [5.41, 5.74) is 5.65. The molecule has 6 rings (SSSR count). The molecule has 0 bridgehead atoms. The smallest absolute Gasteiger partial charge is 0.213 e. The van der Waals surface area contributed by atoms with E-state index in [4.69, 9.17) is 9.47 Å². The number of carboxylic acid groups (broad SMARTS) is 1. The van der Waals surface area contributed by atoms with Gasteiger partial charge in [0, 0.05) is 36.1 Å². The number of rotatable bonds is 10. The lowest BCUT2D eigenvalue weighted by Crippen LogP contribution is -2.34. The van der Waals surface area contributed by atoms with Gasteiger partial charge >= 0.3 is 0 Å². The Morgan fingerprint density at radius 3 is 2.71 bits per heavy atom. The van der Waals surface area contributed by atoms with E-state index in [1.807, 2.05) is 6.07 Å². The first kappa shape index (κ1) is 28.7. The summed E-state index contributed by atoms with van der Waals surface area (Å²) in [7, 11) is 1.54. The third kappa shape index (κ3) is 5.76. The zero-order chi connectivity index (χ0) is 29.4. The van der Waals surface area contributed by atoms with E-state index >= 15 is 4.39 Å². The Morgan fingerprint density at radius 1 is 1.14 bits per heavy atom. The number of carbonyl (C=O) groups is 1. The number of ether oxygens (including phenoxy) is 2. The van der Waals surface area contributed by atoms with Crippen LogP contribution in [0.2, 0.25) is 0 Å². The number of carbonyl (C=O) groups excluding carboxylic acids is 1. The summed E-state index contributed by atoms with van der Waals surface area (Å²) in [5, 5.41) is 11.8. The van der Waals surface area contributed by atoms with E-state index in [0.29, 0.717) is 23.4 Å². The lowest BCUT2D eigenvalue weighted by Gasteiger charge is -2.30. The van der Waals surface area contributed by atoms with Gasteiger partial charge in [-0.3, -0.25) is 4.90 Å². The van der Waals surface area contributed by atoms with Gasteiger partial charge in [-0.2, -0.15) is 0 Å². The molecular formula is C35H40FN2O4-. The van der Waals surface area contributed by atoms with Crippen molar-refractivity contribution in [2.75, 3.05) is 13.7 Å². The lowest BCUT2D eigenvalue weighted by atomic mass is 9.82. The van der Waals surface area contributed by atoms with Gasteiger partial charge in [0.05, 0.1) is 13.3 Å². The zero-order valence-corrected chi connectivity index (χ0v) is 24.8. The molecule has 3 aromatic rings. The Morgan fingerprint density at radius 2 is 1.98 bits per heavy atom. The Kier molecular flexibility index (Phi) is 8.22.